The summed E-state index contributed by atoms with van der Waals surface area (Å²) in [4.78, 5) is 0. The molecule has 0 aliphatic carbocycles. The molecule has 17 heavy (non-hydrogen) atoms. The average Bonchev–Trinajstić information content (AvgIpc) is 2.62. The topological polar surface area (TPSA) is 55.4 Å². The second-order valence-corrected chi connectivity index (χ2v) is 7.15. The van der Waals surface area contributed by atoms with Gasteiger partial charge in [0.2, 0.25) is 0 Å². The van der Waals surface area contributed by atoms with Crippen LogP contribution in [0.3, 0.4) is 0 Å². The summed E-state index contributed by atoms with van der Waals surface area (Å²) in [6.07, 6.45) is 0. The largest absolute Gasteiger partial charge is 0.485 e. The molecule has 0 spiro atoms. The third-order valence-corrected chi connectivity index (χ3v) is 5.36. The third-order valence-electron chi connectivity index (χ3n) is 3.25. The Bertz CT molecular complexity index is 553. The monoisotopic (exact) mass is 253 g/mol. The van der Waals surface area contributed by atoms with E-state index in [9.17, 15) is 8.42 Å². The number of benzene rings is 1. The highest BCUT2D eigenvalue weighted by atomic mass is 32.2. The van der Waals surface area contributed by atoms with Crippen LogP contribution in [-0.4, -0.2) is 25.5 Å². The van der Waals surface area contributed by atoms with Crippen LogP contribution in [0, 0.1) is 0 Å². The summed E-state index contributed by atoms with van der Waals surface area (Å²) in [6.45, 7) is 3.52. The molecule has 1 N–H and O–H groups in total. The standard InChI is InChI=1S/C12H15NO3S/c1-12(7-17(14,15)8-12)16-11-4-2-3-9-5-13-6-10(9)11/h2-4,13H,5-8H2,1H3. The summed E-state index contributed by atoms with van der Waals surface area (Å²) in [5.74, 6) is 1.07. The number of rotatable bonds is 2. The SMILES string of the molecule is CC1(Oc2cccc3c2CNC3)CS(=O)(=O)C1. The highest BCUT2D eigenvalue weighted by molar-refractivity contribution is 7.93. The second-order valence-electron chi connectivity index (χ2n) is 5.08. The molecule has 0 aromatic heterocycles. The van der Waals surface area contributed by atoms with Gasteiger partial charge >= 0.3 is 0 Å². The fourth-order valence-electron chi connectivity index (χ4n) is 2.61. The maximum absolute atomic E-state index is 11.2. The van der Waals surface area contributed by atoms with Crippen molar-refractivity contribution >= 4 is 9.84 Å². The van der Waals surface area contributed by atoms with E-state index < -0.39 is 15.4 Å². The van der Waals surface area contributed by atoms with Crippen LogP contribution in [0.25, 0.3) is 0 Å². The molecular weight excluding hydrogens is 238 g/mol. The number of fused-ring (bicyclic) bond motifs is 1. The molecule has 0 unspecified atom stereocenters. The molecule has 1 fully saturated rings. The van der Waals surface area contributed by atoms with Crippen molar-refractivity contribution in [3.63, 3.8) is 0 Å². The van der Waals surface area contributed by atoms with E-state index in [1.165, 1.54) is 5.56 Å². The zero-order chi connectivity index (χ0) is 12.1. The number of ether oxygens (including phenoxy) is 1. The summed E-state index contributed by atoms with van der Waals surface area (Å²) >= 11 is 0. The van der Waals surface area contributed by atoms with E-state index in [1.54, 1.807) is 0 Å². The van der Waals surface area contributed by atoms with Gasteiger partial charge in [-0.2, -0.15) is 0 Å². The van der Waals surface area contributed by atoms with Crippen molar-refractivity contribution in [2.75, 3.05) is 11.5 Å². The molecule has 2 heterocycles. The maximum Gasteiger partial charge on any atom is 0.158 e. The molecule has 2 aliphatic rings. The van der Waals surface area contributed by atoms with E-state index >= 15 is 0 Å². The van der Waals surface area contributed by atoms with Crippen LogP contribution in [0.4, 0.5) is 0 Å². The van der Waals surface area contributed by atoms with Crippen LogP contribution in [0.5, 0.6) is 5.75 Å². The van der Waals surface area contributed by atoms with Crippen molar-refractivity contribution in [1.82, 2.24) is 5.32 Å². The van der Waals surface area contributed by atoms with E-state index in [4.69, 9.17) is 4.74 Å². The first kappa shape index (κ1) is 11.0. The number of hydrogen-bond donors (Lipinski definition) is 1. The van der Waals surface area contributed by atoms with Crippen molar-refractivity contribution < 1.29 is 13.2 Å². The number of nitrogens with one attached hydrogen (secondary N) is 1. The van der Waals surface area contributed by atoms with Crippen LogP contribution < -0.4 is 10.1 Å². The molecule has 1 aromatic rings. The maximum atomic E-state index is 11.2. The van der Waals surface area contributed by atoms with Gasteiger partial charge in [-0.25, -0.2) is 8.42 Å². The van der Waals surface area contributed by atoms with Gasteiger partial charge in [-0.15, -0.1) is 0 Å². The van der Waals surface area contributed by atoms with Gasteiger partial charge in [0.1, 0.15) is 11.4 Å². The quantitative estimate of drug-likeness (QED) is 0.849. The van der Waals surface area contributed by atoms with Gasteiger partial charge in [-0.3, -0.25) is 0 Å². The van der Waals surface area contributed by atoms with Crippen molar-refractivity contribution in [2.24, 2.45) is 0 Å². The smallest absolute Gasteiger partial charge is 0.158 e. The Morgan fingerprint density at radius 1 is 1.29 bits per heavy atom. The van der Waals surface area contributed by atoms with Crippen molar-refractivity contribution in [3.8, 4) is 5.75 Å². The lowest BCUT2D eigenvalue weighted by atomic mass is 10.1. The summed E-state index contributed by atoms with van der Waals surface area (Å²) in [6, 6.07) is 5.95. The van der Waals surface area contributed by atoms with Crippen molar-refractivity contribution in [3.05, 3.63) is 29.3 Å². The number of sulfone groups is 1. The number of hydrogen-bond acceptors (Lipinski definition) is 4. The van der Waals surface area contributed by atoms with E-state index in [1.807, 2.05) is 19.1 Å². The van der Waals surface area contributed by atoms with Crippen LogP contribution in [-0.2, 0) is 22.9 Å². The van der Waals surface area contributed by atoms with Crippen molar-refractivity contribution in [2.45, 2.75) is 25.6 Å². The zero-order valence-corrected chi connectivity index (χ0v) is 10.5. The molecular formula is C12H15NO3S. The minimum Gasteiger partial charge on any atom is -0.485 e. The van der Waals surface area contributed by atoms with E-state index in [2.05, 4.69) is 11.4 Å². The molecule has 0 saturated carbocycles. The Labute approximate surface area is 101 Å². The zero-order valence-electron chi connectivity index (χ0n) is 9.69. The Morgan fingerprint density at radius 3 is 2.76 bits per heavy atom. The summed E-state index contributed by atoms with van der Waals surface area (Å²) in [7, 11) is -2.86. The molecule has 0 atom stereocenters. The van der Waals surface area contributed by atoms with Gasteiger partial charge in [0.15, 0.2) is 9.84 Å². The Morgan fingerprint density at radius 2 is 2.06 bits per heavy atom. The lowest BCUT2D eigenvalue weighted by molar-refractivity contribution is 0.119. The van der Waals surface area contributed by atoms with Gasteiger partial charge in [-0.05, 0) is 18.6 Å². The molecule has 0 amide bonds. The molecule has 1 saturated heterocycles. The van der Waals surface area contributed by atoms with Gasteiger partial charge in [-0.1, -0.05) is 12.1 Å². The summed E-state index contributed by atoms with van der Waals surface area (Å²) < 4.78 is 28.4. The highest BCUT2D eigenvalue weighted by Gasteiger charge is 2.47. The predicted octanol–water partition coefficient (Wildman–Crippen LogP) is 0.856. The first-order valence-corrected chi connectivity index (χ1v) is 7.51. The summed E-state index contributed by atoms with van der Waals surface area (Å²) in [5, 5.41) is 3.27. The normalized spacial score (nSPS) is 23.8. The van der Waals surface area contributed by atoms with Crippen LogP contribution in [0.15, 0.2) is 18.2 Å². The van der Waals surface area contributed by atoms with Crippen LogP contribution >= 0.6 is 0 Å². The van der Waals surface area contributed by atoms with Crippen molar-refractivity contribution in [1.29, 1.82) is 0 Å². The molecule has 0 radical (unpaired) electrons. The van der Waals surface area contributed by atoms with E-state index in [-0.39, 0.29) is 11.5 Å². The Hall–Kier alpha value is -1.07. The van der Waals surface area contributed by atoms with Gasteiger partial charge in [0, 0.05) is 18.7 Å². The highest BCUT2D eigenvalue weighted by Crippen LogP contribution is 2.33. The molecule has 0 bridgehead atoms. The average molecular weight is 253 g/mol. The van der Waals surface area contributed by atoms with Gasteiger partial charge in [0.25, 0.3) is 0 Å². The first-order valence-electron chi connectivity index (χ1n) is 5.68. The van der Waals surface area contributed by atoms with E-state index in [0.29, 0.717) is 0 Å². The van der Waals surface area contributed by atoms with Crippen LogP contribution in [0.1, 0.15) is 18.1 Å². The van der Waals surface area contributed by atoms with E-state index in [0.717, 1.165) is 24.4 Å². The predicted molar refractivity (Wildman–Crippen MR) is 64.7 cm³/mol. The van der Waals surface area contributed by atoms with Gasteiger partial charge < -0.3 is 10.1 Å². The van der Waals surface area contributed by atoms with Gasteiger partial charge in [0.05, 0.1) is 11.5 Å². The molecule has 1 aromatic carbocycles. The second kappa shape index (κ2) is 3.46. The fourth-order valence-corrected chi connectivity index (χ4v) is 4.50. The molecule has 92 valence electrons. The first-order chi connectivity index (χ1) is 7.98. The minimum atomic E-state index is -2.86. The summed E-state index contributed by atoms with van der Waals surface area (Å²) in [5.41, 5.74) is 1.86. The molecule has 5 heteroatoms. The minimum absolute atomic E-state index is 0.122. The molecule has 3 rings (SSSR count). The van der Waals surface area contributed by atoms with Crippen LogP contribution in [0.2, 0.25) is 0 Å². The lowest BCUT2D eigenvalue weighted by Crippen LogP contribution is -2.56. The third kappa shape index (κ3) is 1.93. The fraction of sp³-hybridized carbons (Fsp3) is 0.500. The molecule has 4 nitrogen and oxygen atoms in total. The lowest BCUT2D eigenvalue weighted by Gasteiger charge is -2.38. The molecule has 2 aliphatic heterocycles. The Kier molecular flexibility index (Phi) is 2.25. The Balaban J connectivity index is 1.85.